The maximum absolute atomic E-state index is 11.1. The van der Waals surface area contributed by atoms with Crippen molar-refractivity contribution < 1.29 is 9.90 Å². The van der Waals surface area contributed by atoms with Crippen LogP contribution in [0.4, 0.5) is 0 Å². The van der Waals surface area contributed by atoms with Gasteiger partial charge in [-0.3, -0.25) is 4.98 Å². The third kappa shape index (κ3) is 2.50. The van der Waals surface area contributed by atoms with Gasteiger partial charge in [0, 0.05) is 6.20 Å². The first-order valence-electron chi connectivity index (χ1n) is 5.36. The molecule has 4 nitrogen and oxygen atoms in total. The van der Waals surface area contributed by atoms with Crippen molar-refractivity contribution in [3.63, 3.8) is 0 Å². The molecule has 1 N–H and O–H groups in total. The lowest BCUT2D eigenvalue weighted by Gasteiger charge is -1.93. The SMILES string of the molecule is CCCc1nc(-c2ccccn2)sc1C(=O)O. The number of aromatic nitrogens is 2. The summed E-state index contributed by atoms with van der Waals surface area (Å²) >= 11 is 1.19. The maximum atomic E-state index is 11.1. The summed E-state index contributed by atoms with van der Waals surface area (Å²) in [5.41, 5.74) is 1.38. The number of thiazole rings is 1. The van der Waals surface area contributed by atoms with E-state index in [1.165, 1.54) is 11.3 Å². The molecule has 0 aliphatic rings. The minimum absolute atomic E-state index is 0.326. The largest absolute Gasteiger partial charge is 0.477 e. The molecule has 0 aliphatic heterocycles. The average Bonchev–Trinajstić information content (AvgIpc) is 2.75. The van der Waals surface area contributed by atoms with Gasteiger partial charge in [0.05, 0.1) is 11.4 Å². The Balaban J connectivity index is 2.44. The Bertz CT molecular complexity index is 523. The van der Waals surface area contributed by atoms with Gasteiger partial charge in [-0.25, -0.2) is 9.78 Å². The van der Waals surface area contributed by atoms with E-state index in [4.69, 9.17) is 5.11 Å². The second-order valence-electron chi connectivity index (χ2n) is 3.56. The number of nitrogens with zero attached hydrogens (tertiary/aromatic N) is 2. The van der Waals surface area contributed by atoms with Crippen LogP contribution in [0.2, 0.25) is 0 Å². The number of aryl methyl sites for hydroxylation is 1. The highest BCUT2D eigenvalue weighted by Crippen LogP contribution is 2.27. The Kier molecular flexibility index (Phi) is 3.49. The van der Waals surface area contributed by atoms with Crippen molar-refractivity contribution >= 4 is 17.3 Å². The Labute approximate surface area is 103 Å². The van der Waals surface area contributed by atoms with Gasteiger partial charge in [0.1, 0.15) is 9.88 Å². The van der Waals surface area contributed by atoms with Gasteiger partial charge in [0.15, 0.2) is 0 Å². The molecule has 0 unspecified atom stereocenters. The molecule has 0 amide bonds. The lowest BCUT2D eigenvalue weighted by Crippen LogP contribution is -1.98. The number of rotatable bonds is 4. The van der Waals surface area contributed by atoms with Crippen LogP contribution >= 0.6 is 11.3 Å². The number of carboxylic acid groups (broad SMARTS) is 1. The smallest absolute Gasteiger partial charge is 0.347 e. The summed E-state index contributed by atoms with van der Waals surface area (Å²) in [6.45, 7) is 2.01. The minimum atomic E-state index is -0.909. The summed E-state index contributed by atoms with van der Waals surface area (Å²) in [6.07, 6.45) is 3.24. The number of pyridine rings is 1. The zero-order valence-electron chi connectivity index (χ0n) is 9.38. The van der Waals surface area contributed by atoms with Gasteiger partial charge >= 0.3 is 5.97 Å². The van der Waals surface area contributed by atoms with Crippen LogP contribution in [0.15, 0.2) is 24.4 Å². The second-order valence-corrected chi connectivity index (χ2v) is 4.56. The predicted molar refractivity (Wildman–Crippen MR) is 66.3 cm³/mol. The monoisotopic (exact) mass is 248 g/mol. The summed E-state index contributed by atoms with van der Waals surface area (Å²) in [5.74, 6) is -0.909. The van der Waals surface area contributed by atoms with Crippen molar-refractivity contribution in [1.29, 1.82) is 0 Å². The summed E-state index contributed by atoms with van der Waals surface area (Å²) in [4.78, 5) is 20.0. The fourth-order valence-electron chi connectivity index (χ4n) is 1.52. The highest BCUT2D eigenvalue weighted by molar-refractivity contribution is 7.17. The first-order valence-corrected chi connectivity index (χ1v) is 6.18. The van der Waals surface area contributed by atoms with E-state index >= 15 is 0 Å². The molecule has 0 atom stereocenters. The van der Waals surface area contributed by atoms with Crippen LogP contribution in [0.1, 0.15) is 28.7 Å². The molecule has 0 bridgehead atoms. The standard InChI is InChI=1S/C12H12N2O2S/c1-2-5-8-10(12(15)16)17-11(14-8)9-6-3-4-7-13-9/h3-4,6-7H,2,5H2,1H3,(H,15,16). The van der Waals surface area contributed by atoms with E-state index in [0.29, 0.717) is 22.0 Å². The second kappa shape index (κ2) is 5.05. The van der Waals surface area contributed by atoms with E-state index in [0.717, 1.165) is 12.1 Å². The van der Waals surface area contributed by atoms with E-state index in [9.17, 15) is 4.79 Å². The predicted octanol–water partition coefficient (Wildman–Crippen LogP) is 2.86. The number of carbonyl (C=O) groups is 1. The molecule has 2 rings (SSSR count). The molecule has 2 aromatic heterocycles. The van der Waals surface area contributed by atoms with Crippen LogP contribution in [0.25, 0.3) is 10.7 Å². The van der Waals surface area contributed by atoms with Gasteiger partial charge in [-0.1, -0.05) is 19.4 Å². The van der Waals surface area contributed by atoms with Crippen LogP contribution in [0.3, 0.4) is 0 Å². The molecule has 2 aromatic rings. The summed E-state index contributed by atoms with van der Waals surface area (Å²) in [7, 11) is 0. The van der Waals surface area contributed by atoms with Gasteiger partial charge in [-0.2, -0.15) is 0 Å². The number of carboxylic acids is 1. The summed E-state index contributed by atoms with van der Waals surface area (Å²) < 4.78 is 0. The molecule has 17 heavy (non-hydrogen) atoms. The Morgan fingerprint density at radius 1 is 1.47 bits per heavy atom. The van der Waals surface area contributed by atoms with E-state index in [2.05, 4.69) is 9.97 Å². The van der Waals surface area contributed by atoms with E-state index < -0.39 is 5.97 Å². The van der Waals surface area contributed by atoms with Crippen LogP contribution in [-0.4, -0.2) is 21.0 Å². The topological polar surface area (TPSA) is 63.1 Å². The maximum Gasteiger partial charge on any atom is 0.347 e. The zero-order chi connectivity index (χ0) is 12.3. The Morgan fingerprint density at radius 3 is 2.88 bits per heavy atom. The van der Waals surface area contributed by atoms with Crippen LogP contribution in [0, 0.1) is 0 Å². The highest BCUT2D eigenvalue weighted by atomic mass is 32.1. The van der Waals surface area contributed by atoms with Gasteiger partial charge in [-0.15, -0.1) is 11.3 Å². The molecule has 0 saturated carbocycles. The molecular formula is C12H12N2O2S. The Hall–Kier alpha value is -1.75. The first kappa shape index (κ1) is 11.7. The van der Waals surface area contributed by atoms with Crippen LogP contribution < -0.4 is 0 Å². The summed E-state index contributed by atoms with van der Waals surface area (Å²) in [6, 6.07) is 5.52. The van der Waals surface area contributed by atoms with Crippen molar-refractivity contribution in [1.82, 2.24) is 9.97 Å². The van der Waals surface area contributed by atoms with E-state index in [-0.39, 0.29) is 0 Å². The molecular weight excluding hydrogens is 236 g/mol. The van der Waals surface area contributed by atoms with E-state index in [1.54, 1.807) is 6.20 Å². The zero-order valence-corrected chi connectivity index (χ0v) is 10.2. The van der Waals surface area contributed by atoms with Crippen LogP contribution in [0.5, 0.6) is 0 Å². The van der Waals surface area contributed by atoms with Crippen molar-refractivity contribution in [2.45, 2.75) is 19.8 Å². The molecule has 5 heteroatoms. The average molecular weight is 248 g/mol. The van der Waals surface area contributed by atoms with Gasteiger partial charge in [0.25, 0.3) is 0 Å². The summed E-state index contributed by atoms with van der Waals surface area (Å²) in [5, 5.41) is 9.78. The number of aromatic carboxylic acids is 1. The van der Waals surface area contributed by atoms with Crippen molar-refractivity contribution in [3.05, 3.63) is 35.0 Å². The molecule has 0 aromatic carbocycles. The molecule has 0 spiro atoms. The lowest BCUT2D eigenvalue weighted by atomic mass is 10.2. The molecule has 0 fully saturated rings. The quantitative estimate of drug-likeness (QED) is 0.903. The van der Waals surface area contributed by atoms with E-state index in [1.807, 2.05) is 25.1 Å². The number of hydrogen-bond donors (Lipinski definition) is 1. The van der Waals surface area contributed by atoms with Gasteiger partial charge in [0.2, 0.25) is 0 Å². The number of hydrogen-bond acceptors (Lipinski definition) is 4. The van der Waals surface area contributed by atoms with Crippen molar-refractivity contribution in [2.24, 2.45) is 0 Å². The minimum Gasteiger partial charge on any atom is -0.477 e. The van der Waals surface area contributed by atoms with Crippen molar-refractivity contribution in [2.75, 3.05) is 0 Å². The molecule has 88 valence electrons. The van der Waals surface area contributed by atoms with Gasteiger partial charge in [-0.05, 0) is 18.6 Å². The third-order valence-electron chi connectivity index (χ3n) is 2.26. The van der Waals surface area contributed by atoms with Crippen LogP contribution in [-0.2, 0) is 6.42 Å². The fourth-order valence-corrected chi connectivity index (χ4v) is 2.45. The normalized spacial score (nSPS) is 10.4. The molecule has 0 saturated heterocycles. The first-order chi connectivity index (χ1) is 8.22. The lowest BCUT2D eigenvalue weighted by molar-refractivity contribution is 0.0700. The molecule has 0 radical (unpaired) electrons. The molecule has 2 heterocycles. The highest BCUT2D eigenvalue weighted by Gasteiger charge is 2.17. The fraction of sp³-hybridized carbons (Fsp3) is 0.250. The molecule has 0 aliphatic carbocycles. The van der Waals surface area contributed by atoms with Crippen molar-refractivity contribution in [3.8, 4) is 10.7 Å². The Morgan fingerprint density at radius 2 is 2.29 bits per heavy atom. The third-order valence-corrected chi connectivity index (χ3v) is 3.37. The van der Waals surface area contributed by atoms with Gasteiger partial charge < -0.3 is 5.11 Å².